The second kappa shape index (κ2) is 11.5. The van der Waals surface area contributed by atoms with Crippen LogP contribution in [0.5, 0.6) is 0 Å². The van der Waals surface area contributed by atoms with E-state index in [2.05, 4.69) is 127 Å². The standard InChI is InChI=1S/C46H28N4OS/c1-3-12-27(13-4-1)42-33-24-25-34-40-35(18-11-21-39(40)52-43(34)41(33)32-17-7-9-19-36(32)47-42)46-49-44(28-14-5-2-6-15-28)48-45(50-46)29-22-23-31-30-16-8-10-20-37(30)51-38(31)26-29/h1-26,46H,(H,48,49,50). The topological polar surface area (TPSA) is 62.8 Å². The van der Waals surface area contributed by atoms with E-state index < -0.39 is 6.17 Å². The predicted octanol–water partition coefficient (Wildman–Crippen LogP) is 11.8. The summed E-state index contributed by atoms with van der Waals surface area (Å²) in [5, 5.41) is 11.7. The van der Waals surface area contributed by atoms with E-state index in [1.807, 2.05) is 47.7 Å². The third-order valence-electron chi connectivity index (χ3n) is 10.1. The van der Waals surface area contributed by atoms with Crippen LogP contribution in [0.2, 0.25) is 0 Å². The van der Waals surface area contributed by atoms with Crippen molar-refractivity contribution in [3.63, 3.8) is 0 Å². The van der Waals surface area contributed by atoms with Gasteiger partial charge in [-0.3, -0.25) is 0 Å². The third kappa shape index (κ3) is 4.51. The summed E-state index contributed by atoms with van der Waals surface area (Å²) in [6.07, 6.45) is -0.468. The molecule has 0 bridgehead atoms. The Kier molecular flexibility index (Phi) is 6.42. The van der Waals surface area contributed by atoms with Gasteiger partial charge in [0.05, 0.1) is 11.2 Å². The van der Waals surface area contributed by atoms with E-state index in [4.69, 9.17) is 19.4 Å². The molecule has 3 aromatic heterocycles. The molecular weight excluding hydrogens is 657 g/mol. The number of para-hydroxylation sites is 2. The van der Waals surface area contributed by atoms with Gasteiger partial charge < -0.3 is 9.73 Å². The van der Waals surface area contributed by atoms with Crippen molar-refractivity contribution in [2.45, 2.75) is 6.17 Å². The number of aromatic nitrogens is 1. The molecule has 52 heavy (non-hydrogen) atoms. The molecule has 7 aromatic carbocycles. The molecular formula is C46H28N4OS. The minimum Gasteiger partial charge on any atom is -0.456 e. The smallest absolute Gasteiger partial charge is 0.170 e. The monoisotopic (exact) mass is 684 g/mol. The lowest BCUT2D eigenvalue weighted by Crippen LogP contribution is -2.36. The lowest BCUT2D eigenvalue weighted by atomic mass is 9.96. The van der Waals surface area contributed by atoms with Crippen LogP contribution >= 0.6 is 11.3 Å². The first kappa shape index (κ1) is 29.1. The molecule has 11 rings (SSSR count). The van der Waals surface area contributed by atoms with Gasteiger partial charge in [-0.2, -0.15) is 0 Å². The van der Waals surface area contributed by atoms with Crippen LogP contribution in [0.1, 0.15) is 22.9 Å². The second-order valence-electron chi connectivity index (χ2n) is 13.2. The number of hydrogen-bond donors (Lipinski definition) is 1. The Morgan fingerprint density at radius 2 is 1.17 bits per heavy atom. The highest BCUT2D eigenvalue weighted by atomic mass is 32.1. The molecule has 0 saturated heterocycles. The quantitative estimate of drug-likeness (QED) is 0.188. The fraction of sp³-hybridized carbons (Fsp3) is 0.0217. The van der Waals surface area contributed by atoms with Crippen LogP contribution in [-0.4, -0.2) is 16.7 Å². The summed E-state index contributed by atoms with van der Waals surface area (Å²) in [5.74, 6) is 1.54. The summed E-state index contributed by atoms with van der Waals surface area (Å²) in [6.45, 7) is 0. The molecule has 0 aliphatic carbocycles. The van der Waals surface area contributed by atoms with Gasteiger partial charge in [-0.25, -0.2) is 15.0 Å². The molecule has 1 aliphatic rings. The number of nitrogens with zero attached hydrogens (tertiary/aromatic N) is 3. The van der Waals surface area contributed by atoms with Gasteiger partial charge in [-0.15, -0.1) is 11.3 Å². The zero-order chi connectivity index (χ0) is 34.2. The highest BCUT2D eigenvalue weighted by molar-refractivity contribution is 7.26. The first-order chi connectivity index (χ1) is 25.8. The molecule has 0 saturated carbocycles. The first-order valence-corrected chi connectivity index (χ1v) is 18.2. The number of fused-ring (bicyclic) bond motifs is 10. The maximum atomic E-state index is 6.29. The van der Waals surface area contributed by atoms with Crippen molar-refractivity contribution in [2.75, 3.05) is 0 Å². The van der Waals surface area contributed by atoms with E-state index >= 15 is 0 Å². The average molecular weight is 685 g/mol. The van der Waals surface area contributed by atoms with Crippen molar-refractivity contribution in [3.05, 3.63) is 174 Å². The lowest BCUT2D eigenvalue weighted by Gasteiger charge is -2.23. The Labute approximate surface area is 302 Å². The van der Waals surface area contributed by atoms with Crippen molar-refractivity contribution < 1.29 is 4.42 Å². The summed E-state index contributed by atoms with van der Waals surface area (Å²) >= 11 is 1.83. The molecule has 1 atom stereocenters. The Morgan fingerprint density at radius 3 is 2.02 bits per heavy atom. The maximum Gasteiger partial charge on any atom is 0.170 e. The third-order valence-corrected chi connectivity index (χ3v) is 11.3. The van der Waals surface area contributed by atoms with Gasteiger partial charge in [0.2, 0.25) is 0 Å². The van der Waals surface area contributed by atoms with Gasteiger partial charge in [0.25, 0.3) is 0 Å². The number of nitrogens with one attached hydrogen (secondary N) is 1. The van der Waals surface area contributed by atoms with E-state index in [9.17, 15) is 0 Å². The molecule has 1 N–H and O–H groups in total. The SMILES string of the molecule is c1ccc(C2=NC(c3cccc4sc5c(ccc6c(-c7ccccc7)nc7ccccc7c65)c34)N=C(c3ccc4c(c3)oc3ccccc34)N2)cc1. The number of rotatable bonds is 4. The van der Waals surface area contributed by atoms with Crippen molar-refractivity contribution in [1.29, 1.82) is 0 Å². The summed E-state index contributed by atoms with van der Waals surface area (Å²) in [5.41, 5.74) is 7.83. The zero-order valence-corrected chi connectivity index (χ0v) is 28.6. The molecule has 6 heteroatoms. The summed E-state index contributed by atoms with van der Waals surface area (Å²) in [6, 6.07) is 54.8. The fourth-order valence-corrected chi connectivity index (χ4v) is 9.03. The van der Waals surface area contributed by atoms with E-state index in [1.165, 1.54) is 25.6 Å². The van der Waals surface area contributed by atoms with Gasteiger partial charge in [-0.05, 0) is 30.3 Å². The molecule has 244 valence electrons. The molecule has 0 amide bonds. The zero-order valence-electron chi connectivity index (χ0n) is 27.7. The number of thiophene rings is 1. The second-order valence-corrected chi connectivity index (χ2v) is 14.2. The van der Waals surface area contributed by atoms with Crippen LogP contribution in [-0.2, 0) is 0 Å². The van der Waals surface area contributed by atoms with Crippen LogP contribution in [0, 0.1) is 0 Å². The van der Waals surface area contributed by atoms with Gasteiger partial charge in [0.1, 0.15) is 22.8 Å². The highest BCUT2D eigenvalue weighted by Crippen LogP contribution is 2.46. The van der Waals surface area contributed by atoms with Crippen LogP contribution < -0.4 is 5.32 Å². The molecule has 10 aromatic rings. The number of benzene rings is 7. The van der Waals surface area contributed by atoms with Crippen molar-refractivity contribution in [1.82, 2.24) is 10.3 Å². The normalized spacial score (nSPS) is 14.7. The van der Waals surface area contributed by atoms with E-state index in [-0.39, 0.29) is 0 Å². The molecule has 4 heterocycles. The number of pyridine rings is 1. The van der Waals surface area contributed by atoms with Gasteiger partial charge in [0.15, 0.2) is 6.17 Å². The van der Waals surface area contributed by atoms with E-state index in [0.717, 1.165) is 77.8 Å². The van der Waals surface area contributed by atoms with Crippen molar-refractivity contribution in [2.24, 2.45) is 9.98 Å². The number of furan rings is 1. The van der Waals surface area contributed by atoms with E-state index in [1.54, 1.807) is 0 Å². The van der Waals surface area contributed by atoms with Crippen LogP contribution in [0.4, 0.5) is 0 Å². The predicted molar refractivity (Wildman–Crippen MR) is 217 cm³/mol. The van der Waals surface area contributed by atoms with Crippen LogP contribution in [0.25, 0.3) is 75.0 Å². The number of amidine groups is 2. The summed E-state index contributed by atoms with van der Waals surface area (Å²) in [4.78, 5) is 15.8. The lowest BCUT2D eigenvalue weighted by molar-refractivity contribution is 0.668. The van der Waals surface area contributed by atoms with Gasteiger partial charge >= 0.3 is 0 Å². The van der Waals surface area contributed by atoms with Crippen LogP contribution in [0.15, 0.2) is 172 Å². The molecule has 1 aliphatic heterocycles. The molecule has 0 radical (unpaired) electrons. The number of hydrogen-bond acceptors (Lipinski definition) is 6. The van der Waals surface area contributed by atoms with Crippen molar-refractivity contribution in [3.8, 4) is 11.3 Å². The maximum absolute atomic E-state index is 6.29. The molecule has 1 unspecified atom stereocenters. The van der Waals surface area contributed by atoms with Crippen molar-refractivity contribution >= 4 is 86.8 Å². The fourth-order valence-electron chi connectivity index (χ4n) is 7.73. The molecule has 5 nitrogen and oxygen atoms in total. The van der Waals surface area contributed by atoms with Gasteiger partial charge in [-0.1, -0.05) is 127 Å². The Balaban J connectivity index is 1.14. The molecule has 0 spiro atoms. The molecule has 0 fully saturated rings. The Hall–Kier alpha value is -6.63. The Bertz CT molecular complexity index is 3110. The Morgan fingerprint density at radius 1 is 0.500 bits per heavy atom. The average Bonchev–Trinajstić information content (AvgIpc) is 3.79. The number of aliphatic imine (C=N–C) groups is 2. The minimum atomic E-state index is -0.468. The van der Waals surface area contributed by atoms with Crippen LogP contribution in [0.3, 0.4) is 0 Å². The summed E-state index contributed by atoms with van der Waals surface area (Å²) < 4.78 is 8.74. The largest absolute Gasteiger partial charge is 0.456 e. The highest BCUT2D eigenvalue weighted by Gasteiger charge is 2.25. The first-order valence-electron chi connectivity index (χ1n) is 17.4. The van der Waals surface area contributed by atoms with Gasteiger partial charge in [0, 0.05) is 69.4 Å². The minimum absolute atomic E-state index is 0.468. The van der Waals surface area contributed by atoms with E-state index in [0.29, 0.717) is 0 Å². The summed E-state index contributed by atoms with van der Waals surface area (Å²) in [7, 11) is 0.